The average Bonchev–Trinajstić information content (AvgIpc) is 2.68. The van der Waals surface area contributed by atoms with E-state index in [4.69, 9.17) is 14.7 Å². The zero-order valence-electron chi connectivity index (χ0n) is 16.0. The number of hydrogen-bond acceptors (Lipinski definition) is 5. The van der Waals surface area contributed by atoms with Gasteiger partial charge in [-0.3, -0.25) is 0 Å². The Bertz CT molecular complexity index is 920. The molecule has 27 heavy (non-hydrogen) atoms. The van der Waals surface area contributed by atoms with Crippen LogP contribution in [0.2, 0.25) is 0 Å². The van der Waals surface area contributed by atoms with Crippen LogP contribution in [-0.2, 0) is 0 Å². The Morgan fingerprint density at radius 1 is 0.926 bits per heavy atom. The van der Waals surface area contributed by atoms with Crippen molar-refractivity contribution < 1.29 is 4.74 Å². The second-order valence-corrected chi connectivity index (χ2v) is 7.49. The number of nitrogens with one attached hydrogen (secondary N) is 2. The zero-order chi connectivity index (χ0) is 18.7. The molecule has 0 saturated heterocycles. The molecule has 0 radical (unpaired) electrons. The van der Waals surface area contributed by atoms with Crippen molar-refractivity contribution in [2.45, 2.75) is 44.6 Å². The van der Waals surface area contributed by atoms with Crippen LogP contribution in [0.4, 0.5) is 17.5 Å². The topological polar surface area (TPSA) is 59.1 Å². The van der Waals surface area contributed by atoms with Gasteiger partial charge < -0.3 is 15.4 Å². The Balaban J connectivity index is 1.77. The average molecular weight is 362 g/mol. The summed E-state index contributed by atoms with van der Waals surface area (Å²) in [7, 11) is 1.68. The Kier molecular flexibility index (Phi) is 4.84. The van der Waals surface area contributed by atoms with Crippen molar-refractivity contribution in [2.24, 2.45) is 0 Å². The normalized spacial score (nSPS) is 16.1. The number of benzene rings is 2. The highest BCUT2D eigenvalue weighted by Gasteiger charge is 2.28. The molecule has 5 nitrogen and oxygen atoms in total. The fourth-order valence-electron chi connectivity index (χ4n) is 3.83. The minimum Gasteiger partial charge on any atom is -0.494 e. The van der Waals surface area contributed by atoms with Crippen molar-refractivity contribution in [3.8, 4) is 5.75 Å². The third kappa shape index (κ3) is 3.82. The minimum atomic E-state index is 0.0396. The second-order valence-electron chi connectivity index (χ2n) is 7.49. The SMILES string of the molecule is COc1cccc2c(Nc3ccccc3)nc(NC3(C)CCCCC3)nc12. The summed E-state index contributed by atoms with van der Waals surface area (Å²) in [6.45, 7) is 2.27. The van der Waals surface area contributed by atoms with Gasteiger partial charge in [-0.05, 0) is 44.0 Å². The number of aromatic nitrogens is 2. The van der Waals surface area contributed by atoms with E-state index >= 15 is 0 Å². The first-order valence-corrected chi connectivity index (χ1v) is 9.62. The van der Waals surface area contributed by atoms with E-state index in [0.717, 1.165) is 41.0 Å². The van der Waals surface area contributed by atoms with Crippen molar-refractivity contribution >= 4 is 28.4 Å². The van der Waals surface area contributed by atoms with E-state index in [-0.39, 0.29) is 5.54 Å². The highest BCUT2D eigenvalue weighted by molar-refractivity contribution is 5.95. The molecule has 2 N–H and O–H groups in total. The quantitative estimate of drug-likeness (QED) is 0.626. The van der Waals surface area contributed by atoms with Gasteiger partial charge in [-0.25, -0.2) is 4.98 Å². The molecule has 0 spiro atoms. The molecule has 0 amide bonds. The van der Waals surface area contributed by atoms with Gasteiger partial charge in [0.2, 0.25) is 5.95 Å². The molecule has 1 aliphatic carbocycles. The standard InChI is InChI=1S/C22H26N4O/c1-22(14-7-4-8-15-22)26-21-24-19-17(12-9-13-18(19)27-2)20(25-21)23-16-10-5-3-6-11-16/h3,5-6,9-13H,4,7-8,14-15H2,1-2H3,(H2,23,24,25,26). The van der Waals surface area contributed by atoms with Crippen LogP contribution in [0.3, 0.4) is 0 Å². The maximum absolute atomic E-state index is 5.56. The molecule has 2 aromatic carbocycles. The molecule has 1 heterocycles. The third-order valence-corrected chi connectivity index (χ3v) is 5.32. The molecular weight excluding hydrogens is 336 g/mol. The van der Waals surface area contributed by atoms with Gasteiger partial charge in [0.1, 0.15) is 17.1 Å². The number of ether oxygens (including phenoxy) is 1. The number of anilines is 3. The van der Waals surface area contributed by atoms with Crippen LogP contribution >= 0.6 is 0 Å². The maximum atomic E-state index is 5.56. The van der Waals surface area contributed by atoms with E-state index in [1.165, 1.54) is 19.3 Å². The first kappa shape index (κ1) is 17.6. The molecule has 5 heteroatoms. The highest BCUT2D eigenvalue weighted by atomic mass is 16.5. The predicted octanol–water partition coefficient (Wildman–Crippen LogP) is 5.52. The molecule has 4 rings (SSSR count). The molecule has 1 aliphatic rings. The molecule has 3 aromatic rings. The van der Waals surface area contributed by atoms with Gasteiger partial charge in [-0.2, -0.15) is 4.98 Å². The summed E-state index contributed by atoms with van der Waals surface area (Å²) in [4.78, 5) is 9.62. The third-order valence-electron chi connectivity index (χ3n) is 5.32. The Labute approximate surface area is 160 Å². The fraction of sp³-hybridized carbons (Fsp3) is 0.364. The van der Waals surface area contributed by atoms with Crippen molar-refractivity contribution in [1.82, 2.24) is 9.97 Å². The first-order valence-electron chi connectivity index (χ1n) is 9.62. The van der Waals surface area contributed by atoms with Crippen LogP contribution in [0.1, 0.15) is 39.0 Å². The lowest BCUT2D eigenvalue weighted by atomic mass is 9.83. The highest BCUT2D eigenvalue weighted by Crippen LogP contribution is 2.34. The van der Waals surface area contributed by atoms with E-state index in [1.807, 2.05) is 48.5 Å². The summed E-state index contributed by atoms with van der Waals surface area (Å²) >= 11 is 0. The van der Waals surface area contributed by atoms with Crippen LogP contribution in [-0.4, -0.2) is 22.6 Å². The number of rotatable bonds is 5. The predicted molar refractivity (Wildman–Crippen MR) is 111 cm³/mol. The summed E-state index contributed by atoms with van der Waals surface area (Å²) in [5.74, 6) is 2.18. The number of methoxy groups -OCH3 is 1. The van der Waals surface area contributed by atoms with Gasteiger partial charge in [0.05, 0.1) is 7.11 Å². The van der Waals surface area contributed by atoms with Crippen LogP contribution in [0.25, 0.3) is 10.9 Å². The Morgan fingerprint density at radius 2 is 1.70 bits per heavy atom. The molecule has 140 valence electrons. The first-order chi connectivity index (χ1) is 13.2. The summed E-state index contributed by atoms with van der Waals surface area (Å²) in [5.41, 5.74) is 1.85. The smallest absolute Gasteiger partial charge is 0.225 e. The van der Waals surface area contributed by atoms with Gasteiger partial charge in [0, 0.05) is 16.6 Å². The van der Waals surface area contributed by atoms with E-state index in [1.54, 1.807) is 7.11 Å². The van der Waals surface area contributed by atoms with Crippen LogP contribution < -0.4 is 15.4 Å². The lowest BCUT2D eigenvalue weighted by Gasteiger charge is -2.34. The maximum Gasteiger partial charge on any atom is 0.225 e. The van der Waals surface area contributed by atoms with Crippen molar-refractivity contribution in [3.63, 3.8) is 0 Å². The molecule has 1 aromatic heterocycles. The minimum absolute atomic E-state index is 0.0396. The largest absolute Gasteiger partial charge is 0.494 e. The Morgan fingerprint density at radius 3 is 2.44 bits per heavy atom. The summed E-state index contributed by atoms with van der Waals surface area (Å²) < 4.78 is 5.56. The molecule has 1 saturated carbocycles. The van der Waals surface area contributed by atoms with E-state index in [2.05, 4.69) is 17.6 Å². The number of hydrogen-bond donors (Lipinski definition) is 2. The van der Waals surface area contributed by atoms with Crippen molar-refractivity contribution in [3.05, 3.63) is 48.5 Å². The summed E-state index contributed by atoms with van der Waals surface area (Å²) in [5, 5.41) is 7.99. The number of fused-ring (bicyclic) bond motifs is 1. The van der Waals surface area contributed by atoms with Gasteiger partial charge in [0.25, 0.3) is 0 Å². The van der Waals surface area contributed by atoms with Gasteiger partial charge >= 0.3 is 0 Å². The fourth-order valence-corrected chi connectivity index (χ4v) is 3.83. The summed E-state index contributed by atoms with van der Waals surface area (Å²) in [6, 6.07) is 16.0. The number of nitrogens with zero attached hydrogens (tertiary/aromatic N) is 2. The van der Waals surface area contributed by atoms with Gasteiger partial charge in [-0.1, -0.05) is 43.5 Å². The lowest BCUT2D eigenvalue weighted by molar-refractivity contribution is 0.347. The lowest BCUT2D eigenvalue weighted by Crippen LogP contribution is -2.37. The van der Waals surface area contributed by atoms with E-state index < -0.39 is 0 Å². The molecule has 0 unspecified atom stereocenters. The van der Waals surface area contributed by atoms with Crippen molar-refractivity contribution in [1.29, 1.82) is 0 Å². The van der Waals surface area contributed by atoms with E-state index in [9.17, 15) is 0 Å². The van der Waals surface area contributed by atoms with Crippen LogP contribution in [0.15, 0.2) is 48.5 Å². The molecule has 0 aliphatic heterocycles. The van der Waals surface area contributed by atoms with Gasteiger partial charge in [-0.15, -0.1) is 0 Å². The monoisotopic (exact) mass is 362 g/mol. The molecule has 0 atom stereocenters. The number of para-hydroxylation sites is 2. The van der Waals surface area contributed by atoms with Crippen LogP contribution in [0, 0.1) is 0 Å². The van der Waals surface area contributed by atoms with Crippen LogP contribution in [0.5, 0.6) is 5.75 Å². The van der Waals surface area contributed by atoms with E-state index in [0.29, 0.717) is 5.95 Å². The second kappa shape index (κ2) is 7.43. The van der Waals surface area contributed by atoms with Gasteiger partial charge in [0.15, 0.2) is 0 Å². The summed E-state index contributed by atoms with van der Waals surface area (Å²) in [6.07, 6.45) is 6.08. The van der Waals surface area contributed by atoms with Crippen molar-refractivity contribution in [2.75, 3.05) is 17.7 Å². The molecular formula is C22H26N4O. The zero-order valence-corrected chi connectivity index (χ0v) is 16.0. The Hall–Kier alpha value is -2.82. The molecule has 1 fully saturated rings. The molecule has 0 bridgehead atoms.